The molecule has 4 nitrogen and oxygen atoms in total. The second kappa shape index (κ2) is 5.52. The number of benzene rings is 1. The molecule has 2 rings (SSSR count). The van der Waals surface area contributed by atoms with Gasteiger partial charge in [0.05, 0.1) is 12.3 Å². The number of rotatable bonds is 3. The van der Waals surface area contributed by atoms with Crippen LogP contribution in [0.5, 0.6) is 0 Å². The number of aliphatic hydroxyl groups excluding tert-OH is 1. The molecule has 1 aliphatic heterocycles. The molecule has 19 heavy (non-hydrogen) atoms. The third-order valence-corrected chi connectivity index (χ3v) is 2.71. The second-order valence-corrected chi connectivity index (χ2v) is 4.08. The maximum absolute atomic E-state index is 11.7. The molecule has 1 heterocycles. The van der Waals surface area contributed by atoms with Gasteiger partial charge in [-0.15, -0.1) is 0 Å². The Hall–Kier alpha value is -2.36. The Morgan fingerprint density at radius 3 is 2.68 bits per heavy atom. The van der Waals surface area contributed by atoms with Crippen LogP contribution in [0.1, 0.15) is 19.4 Å². The van der Waals surface area contributed by atoms with Crippen molar-refractivity contribution in [3.63, 3.8) is 0 Å². The summed E-state index contributed by atoms with van der Waals surface area (Å²) in [5, 5.41) is 10.1. The first-order valence-electron chi connectivity index (χ1n) is 6.06. The summed E-state index contributed by atoms with van der Waals surface area (Å²) in [7, 11) is 0. The van der Waals surface area contributed by atoms with Crippen LogP contribution in [-0.4, -0.2) is 23.4 Å². The van der Waals surface area contributed by atoms with Crippen LogP contribution in [0.15, 0.2) is 52.4 Å². The Labute approximate surface area is 111 Å². The van der Waals surface area contributed by atoms with Crippen LogP contribution in [0.4, 0.5) is 0 Å². The van der Waals surface area contributed by atoms with Gasteiger partial charge in [0.1, 0.15) is 11.3 Å². The van der Waals surface area contributed by atoms with E-state index in [1.54, 1.807) is 19.9 Å². The molecule has 4 heteroatoms. The highest BCUT2D eigenvalue weighted by molar-refractivity contribution is 6.22. The zero-order valence-corrected chi connectivity index (χ0v) is 10.9. The van der Waals surface area contributed by atoms with Crippen molar-refractivity contribution in [2.75, 3.05) is 6.61 Å². The van der Waals surface area contributed by atoms with Crippen molar-refractivity contribution >= 4 is 17.8 Å². The minimum absolute atomic E-state index is 0.125. The molecular weight excluding hydrogens is 242 g/mol. The monoisotopic (exact) mass is 257 g/mol. The van der Waals surface area contributed by atoms with E-state index in [0.717, 1.165) is 5.56 Å². The van der Waals surface area contributed by atoms with Crippen LogP contribution in [0.25, 0.3) is 6.08 Å². The van der Waals surface area contributed by atoms with Crippen molar-refractivity contribution in [2.24, 2.45) is 4.99 Å². The van der Waals surface area contributed by atoms with Crippen LogP contribution in [0, 0.1) is 0 Å². The van der Waals surface area contributed by atoms with E-state index < -0.39 is 5.97 Å². The quantitative estimate of drug-likeness (QED) is 0.847. The Morgan fingerprint density at radius 2 is 2.05 bits per heavy atom. The third-order valence-electron chi connectivity index (χ3n) is 2.71. The van der Waals surface area contributed by atoms with Crippen molar-refractivity contribution in [3.05, 3.63) is 52.9 Å². The van der Waals surface area contributed by atoms with E-state index in [1.807, 2.05) is 30.3 Å². The molecular formula is C15H15NO3. The van der Waals surface area contributed by atoms with Crippen LogP contribution in [0.3, 0.4) is 0 Å². The molecule has 0 atom stereocenters. The summed E-state index contributed by atoms with van der Waals surface area (Å²) in [6, 6.07) is 9.49. The zero-order valence-electron chi connectivity index (χ0n) is 10.9. The average Bonchev–Trinajstić information content (AvgIpc) is 2.66. The summed E-state index contributed by atoms with van der Waals surface area (Å²) >= 11 is 0. The molecule has 0 aliphatic carbocycles. The molecule has 98 valence electrons. The minimum atomic E-state index is -0.544. The zero-order chi connectivity index (χ0) is 13.8. The number of aliphatic imine (C=N–C) groups is 1. The summed E-state index contributed by atoms with van der Waals surface area (Å²) in [4.78, 5) is 15.9. The summed E-state index contributed by atoms with van der Waals surface area (Å²) in [6.45, 7) is 3.66. The van der Waals surface area contributed by atoms with E-state index >= 15 is 0 Å². The van der Waals surface area contributed by atoms with Crippen LogP contribution in [0.2, 0.25) is 0 Å². The highest BCUT2D eigenvalue weighted by atomic mass is 16.5. The van der Waals surface area contributed by atoms with E-state index in [4.69, 9.17) is 4.74 Å². The van der Waals surface area contributed by atoms with E-state index in [2.05, 4.69) is 4.99 Å². The fourth-order valence-electron chi connectivity index (χ4n) is 1.84. The molecule has 0 saturated heterocycles. The maximum atomic E-state index is 11.7. The van der Waals surface area contributed by atoms with Crippen molar-refractivity contribution in [2.45, 2.75) is 13.8 Å². The topological polar surface area (TPSA) is 58.9 Å². The smallest absolute Gasteiger partial charge is 0.343 e. The Kier molecular flexibility index (Phi) is 3.80. The number of esters is 1. The van der Waals surface area contributed by atoms with E-state index in [1.165, 1.54) is 0 Å². The lowest BCUT2D eigenvalue weighted by Crippen LogP contribution is -2.13. The average molecular weight is 257 g/mol. The van der Waals surface area contributed by atoms with Crippen LogP contribution >= 0.6 is 0 Å². The first-order chi connectivity index (χ1) is 9.13. The fraction of sp³-hybridized carbons (Fsp3) is 0.200. The highest BCUT2D eigenvalue weighted by Crippen LogP contribution is 2.26. The maximum Gasteiger partial charge on any atom is 0.343 e. The van der Waals surface area contributed by atoms with Crippen molar-refractivity contribution in [1.29, 1.82) is 0 Å². The molecule has 0 bridgehead atoms. The summed E-state index contributed by atoms with van der Waals surface area (Å²) in [6.07, 6.45) is 1.73. The van der Waals surface area contributed by atoms with Gasteiger partial charge >= 0.3 is 5.97 Å². The highest BCUT2D eigenvalue weighted by Gasteiger charge is 2.27. The second-order valence-electron chi connectivity index (χ2n) is 4.08. The van der Waals surface area contributed by atoms with E-state index in [-0.39, 0.29) is 17.9 Å². The van der Waals surface area contributed by atoms with Gasteiger partial charge in [0, 0.05) is 0 Å². The Morgan fingerprint density at radius 1 is 1.37 bits per heavy atom. The number of carbonyl (C=O) groups is 1. The first kappa shape index (κ1) is 13.1. The molecule has 0 radical (unpaired) electrons. The SMILES string of the molecule is CCOC(=O)C1=C(O)C(=Cc2ccccc2)N=C1C. The normalized spacial score (nSPS) is 16.7. The van der Waals surface area contributed by atoms with Gasteiger partial charge in [0.15, 0.2) is 5.76 Å². The van der Waals surface area contributed by atoms with Gasteiger partial charge in [0.2, 0.25) is 0 Å². The number of hydrogen-bond donors (Lipinski definition) is 1. The molecule has 0 saturated carbocycles. The van der Waals surface area contributed by atoms with Gasteiger partial charge in [-0.1, -0.05) is 30.3 Å². The third kappa shape index (κ3) is 2.73. The molecule has 0 unspecified atom stereocenters. The molecule has 0 spiro atoms. The van der Waals surface area contributed by atoms with Gasteiger partial charge in [-0.3, -0.25) is 0 Å². The fourth-order valence-corrected chi connectivity index (χ4v) is 1.84. The van der Waals surface area contributed by atoms with E-state index in [0.29, 0.717) is 11.4 Å². The van der Waals surface area contributed by atoms with Gasteiger partial charge in [0.25, 0.3) is 0 Å². The van der Waals surface area contributed by atoms with Crippen molar-refractivity contribution < 1.29 is 14.6 Å². The predicted octanol–water partition coefficient (Wildman–Crippen LogP) is 2.88. The Balaban J connectivity index is 2.36. The van der Waals surface area contributed by atoms with Gasteiger partial charge < -0.3 is 9.84 Å². The van der Waals surface area contributed by atoms with Gasteiger partial charge in [-0.05, 0) is 25.5 Å². The van der Waals surface area contributed by atoms with Crippen LogP contribution in [-0.2, 0) is 9.53 Å². The minimum Gasteiger partial charge on any atom is -0.505 e. The number of ether oxygens (including phenoxy) is 1. The lowest BCUT2D eigenvalue weighted by Gasteiger charge is -2.02. The summed E-state index contributed by atoms with van der Waals surface area (Å²) in [5.41, 5.74) is 1.90. The molecule has 0 aromatic heterocycles. The molecule has 1 aliphatic rings. The molecule has 1 aromatic carbocycles. The first-order valence-corrected chi connectivity index (χ1v) is 6.06. The summed E-state index contributed by atoms with van der Waals surface area (Å²) in [5.74, 6) is -0.669. The number of aliphatic hydroxyl groups is 1. The van der Waals surface area contributed by atoms with Crippen LogP contribution < -0.4 is 0 Å². The molecule has 1 aromatic rings. The lowest BCUT2D eigenvalue weighted by molar-refractivity contribution is -0.138. The van der Waals surface area contributed by atoms with Crippen molar-refractivity contribution in [1.82, 2.24) is 0 Å². The summed E-state index contributed by atoms with van der Waals surface area (Å²) < 4.78 is 4.90. The number of nitrogens with zero attached hydrogens (tertiary/aromatic N) is 1. The molecule has 1 N–H and O–H groups in total. The largest absolute Gasteiger partial charge is 0.505 e. The lowest BCUT2D eigenvalue weighted by atomic mass is 10.1. The van der Waals surface area contributed by atoms with Gasteiger partial charge in [-0.25, -0.2) is 9.79 Å². The number of hydrogen-bond acceptors (Lipinski definition) is 4. The van der Waals surface area contributed by atoms with E-state index in [9.17, 15) is 9.90 Å². The standard InChI is InChI=1S/C15H15NO3/c1-3-19-15(18)13-10(2)16-12(14(13)17)9-11-7-5-4-6-8-11/h4-9,17H,3H2,1-2H3. The Bertz CT molecular complexity index is 583. The number of carbonyl (C=O) groups excluding carboxylic acids is 1. The molecule has 0 amide bonds. The van der Waals surface area contributed by atoms with Crippen molar-refractivity contribution in [3.8, 4) is 0 Å². The predicted molar refractivity (Wildman–Crippen MR) is 73.8 cm³/mol. The molecule has 0 fully saturated rings. The van der Waals surface area contributed by atoms with Gasteiger partial charge in [-0.2, -0.15) is 0 Å².